The van der Waals surface area contributed by atoms with E-state index in [4.69, 9.17) is 0 Å². The van der Waals surface area contributed by atoms with E-state index in [1.807, 2.05) is 32.9 Å². The van der Waals surface area contributed by atoms with Crippen molar-refractivity contribution in [3.63, 3.8) is 0 Å². The molecule has 2 amide bonds. The van der Waals surface area contributed by atoms with Crippen LogP contribution in [0.5, 0.6) is 0 Å². The molecule has 0 unspecified atom stereocenters. The van der Waals surface area contributed by atoms with Gasteiger partial charge in [0.15, 0.2) is 0 Å². The van der Waals surface area contributed by atoms with Gasteiger partial charge in [-0.1, -0.05) is 6.07 Å². The van der Waals surface area contributed by atoms with Gasteiger partial charge in [0.05, 0.1) is 12.1 Å². The molecule has 0 heterocycles. The van der Waals surface area contributed by atoms with Crippen molar-refractivity contribution in [1.29, 1.82) is 0 Å². The number of nitrogens with zero attached hydrogens (tertiary/aromatic N) is 1. The maximum atomic E-state index is 12.2. The standard InChI is InChI=1S/C14H19BrN2O2/c1-9(2)16-13(18)8-17(4)14(19)11-6-5-10(3)7-12(11)15/h5-7,9H,8H2,1-4H3,(H,16,18). The second-order valence-electron chi connectivity index (χ2n) is 4.87. The van der Waals surface area contributed by atoms with Crippen LogP contribution >= 0.6 is 15.9 Å². The zero-order chi connectivity index (χ0) is 14.6. The van der Waals surface area contributed by atoms with Crippen LogP contribution in [0.4, 0.5) is 0 Å². The van der Waals surface area contributed by atoms with E-state index in [1.54, 1.807) is 13.1 Å². The van der Waals surface area contributed by atoms with Gasteiger partial charge in [-0.15, -0.1) is 0 Å². The molecule has 0 radical (unpaired) electrons. The van der Waals surface area contributed by atoms with Gasteiger partial charge in [-0.3, -0.25) is 9.59 Å². The Morgan fingerprint density at radius 1 is 1.37 bits per heavy atom. The van der Waals surface area contributed by atoms with Crippen molar-refractivity contribution >= 4 is 27.7 Å². The van der Waals surface area contributed by atoms with E-state index in [9.17, 15) is 9.59 Å². The lowest BCUT2D eigenvalue weighted by Gasteiger charge is -2.18. The quantitative estimate of drug-likeness (QED) is 0.923. The molecule has 0 saturated carbocycles. The molecule has 0 atom stereocenters. The molecule has 1 aromatic carbocycles. The normalized spacial score (nSPS) is 10.4. The fraction of sp³-hybridized carbons (Fsp3) is 0.429. The second-order valence-corrected chi connectivity index (χ2v) is 5.72. The third-order valence-corrected chi connectivity index (χ3v) is 3.19. The molecule has 5 heteroatoms. The summed E-state index contributed by atoms with van der Waals surface area (Å²) in [6.07, 6.45) is 0. The Labute approximate surface area is 122 Å². The van der Waals surface area contributed by atoms with E-state index in [-0.39, 0.29) is 24.4 Å². The number of carbonyl (C=O) groups is 2. The highest BCUT2D eigenvalue weighted by atomic mass is 79.9. The summed E-state index contributed by atoms with van der Waals surface area (Å²) >= 11 is 3.37. The van der Waals surface area contributed by atoms with Crippen LogP contribution in [0.2, 0.25) is 0 Å². The van der Waals surface area contributed by atoms with Gasteiger partial charge in [0.1, 0.15) is 0 Å². The lowest BCUT2D eigenvalue weighted by atomic mass is 10.1. The van der Waals surface area contributed by atoms with Crippen LogP contribution in [-0.2, 0) is 4.79 Å². The van der Waals surface area contributed by atoms with E-state index >= 15 is 0 Å². The Hall–Kier alpha value is -1.36. The molecule has 0 aliphatic heterocycles. The number of carbonyl (C=O) groups excluding carboxylic acids is 2. The van der Waals surface area contributed by atoms with Crippen molar-refractivity contribution in [3.05, 3.63) is 33.8 Å². The Morgan fingerprint density at radius 3 is 2.53 bits per heavy atom. The molecule has 1 rings (SSSR count). The minimum atomic E-state index is -0.175. The van der Waals surface area contributed by atoms with Gasteiger partial charge in [0, 0.05) is 17.6 Å². The largest absolute Gasteiger partial charge is 0.352 e. The smallest absolute Gasteiger partial charge is 0.255 e. The first kappa shape index (κ1) is 15.7. The predicted octanol–water partition coefficient (Wildman–Crippen LogP) is 2.35. The highest BCUT2D eigenvalue weighted by Crippen LogP contribution is 2.19. The summed E-state index contributed by atoms with van der Waals surface area (Å²) in [4.78, 5) is 25.2. The summed E-state index contributed by atoms with van der Waals surface area (Å²) < 4.78 is 0.744. The van der Waals surface area contributed by atoms with Crippen LogP contribution in [0.1, 0.15) is 29.8 Å². The van der Waals surface area contributed by atoms with Gasteiger partial charge >= 0.3 is 0 Å². The van der Waals surface area contributed by atoms with E-state index in [0.717, 1.165) is 10.0 Å². The first-order chi connectivity index (χ1) is 8.81. The zero-order valence-corrected chi connectivity index (χ0v) is 13.2. The second kappa shape index (κ2) is 6.70. The highest BCUT2D eigenvalue weighted by molar-refractivity contribution is 9.10. The molecule has 0 aliphatic rings. The summed E-state index contributed by atoms with van der Waals surface area (Å²) in [5.41, 5.74) is 1.63. The summed E-state index contributed by atoms with van der Waals surface area (Å²) in [6, 6.07) is 5.59. The SMILES string of the molecule is Cc1ccc(C(=O)N(C)CC(=O)NC(C)C)c(Br)c1. The van der Waals surface area contributed by atoms with Crippen LogP contribution in [0.3, 0.4) is 0 Å². The fourth-order valence-electron chi connectivity index (χ4n) is 1.65. The van der Waals surface area contributed by atoms with E-state index in [2.05, 4.69) is 21.2 Å². The summed E-state index contributed by atoms with van der Waals surface area (Å²) in [5.74, 6) is -0.333. The Balaban J connectivity index is 2.74. The molecule has 0 aliphatic carbocycles. The molecule has 0 bridgehead atoms. The molecule has 0 saturated heterocycles. The molecule has 1 N–H and O–H groups in total. The molecular formula is C14H19BrN2O2. The van der Waals surface area contributed by atoms with Gasteiger partial charge in [0.2, 0.25) is 5.91 Å². The van der Waals surface area contributed by atoms with Gasteiger partial charge in [-0.2, -0.15) is 0 Å². The first-order valence-electron chi connectivity index (χ1n) is 6.12. The zero-order valence-electron chi connectivity index (χ0n) is 11.7. The molecule has 4 nitrogen and oxygen atoms in total. The third kappa shape index (κ3) is 4.67. The number of rotatable bonds is 4. The summed E-state index contributed by atoms with van der Waals surface area (Å²) in [5, 5.41) is 2.76. The average Bonchev–Trinajstić information content (AvgIpc) is 2.26. The monoisotopic (exact) mass is 326 g/mol. The van der Waals surface area contributed by atoms with Crippen molar-refractivity contribution < 1.29 is 9.59 Å². The summed E-state index contributed by atoms with van der Waals surface area (Å²) in [7, 11) is 1.62. The topological polar surface area (TPSA) is 49.4 Å². The van der Waals surface area contributed by atoms with Crippen LogP contribution in [0.15, 0.2) is 22.7 Å². The number of hydrogen-bond donors (Lipinski definition) is 1. The van der Waals surface area contributed by atoms with Crippen LogP contribution in [0.25, 0.3) is 0 Å². The van der Waals surface area contributed by atoms with Crippen LogP contribution in [-0.4, -0.2) is 36.3 Å². The molecule has 104 valence electrons. The third-order valence-electron chi connectivity index (χ3n) is 2.53. The predicted molar refractivity (Wildman–Crippen MR) is 79.1 cm³/mol. The van der Waals surface area contributed by atoms with Crippen LogP contribution < -0.4 is 5.32 Å². The van der Waals surface area contributed by atoms with E-state index in [0.29, 0.717) is 5.56 Å². The maximum absolute atomic E-state index is 12.2. The van der Waals surface area contributed by atoms with Crippen LogP contribution in [0, 0.1) is 6.92 Å². The number of benzene rings is 1. The van der Waals surface area contributed by atoms with Gasteiger partial charge < -0.3 is 10.2 Å². The molecular weight excluding hydrogens is 308 g/mol. The van der Waals surface area contributed by atoms with E-state index < -0.39 is 0 Å². The number of aryl methyl sites for hydroxylation is 1. The lowest BCUT2D eigenvalue weighted by Crippen LogP contribution is -2.40. The van der Waals surface area contributed by atoms with E-state index in [1.165, 1.54) is 4.90 Å². The van der Waals surface area contributed by atoms with Crippen molar-refractivity contribution in [2.75, 3.05) is 13.6 Å². The molecule has 0 fully saturated rings. The molecule has 0 aromatic heterocycles. The van der Waals surface area contributed by atoms with Crippen molar-refractivity contribution in [1.82, 2.24) is 10.2 Å². The molecule has 1 aromatic rings. The van der Waals surface area contributed by atoms with Gasteiger partial charge in [0.25, 0.3) is 5.91 Å². The fourth-order valence-corrected chi connectivity index (χ4v) is 2.32. The Bertz CT molecular complexity index is 486. The number of halogens is 1. The maximum Gasteiger partial charge on any atom is 0.255 e. The van der Waals surface area contributed by atoms with Gasteiger partial charge in [-0.25, -0.2) is 0 Å². The number of nitrogens with one attached hydrogen (secondary N) is 1. The molecule has 19 heavy (non-hydrogen) atoms. The minimum Gasteiger partial charge on any atom is -0.352 e. The first-order valence-corrected chi connectivity index (χ1v) is 6.91. The Kier molecular flexibility index (Phi) is 5.54. The highest BCUT2D eigenvalue weighted by Gasteiger charge is 2.17. The Morgan fingerprint density at radius 2 is 2.00 bits per heavy atom. The van der Waals surface area contributed by atoms with Crippen molar-refractivity contribution in [2.45, 2.75) is 26.8 Å². The minimum absolute atomic E-state index is 0.0529. The van der Waals surface area contributed by atoms with Crippen molar-refractivity contribution in [3.8, 4) is 0 Å². The lowest BCUT2D eigenvalue weighted by molar-refractivity contribution is -0.122. The number of likely N-dealkylation sites (N-methyl/N-ethyl adjacent to an activating group) is 1. The summed E-state index contributed by atoms with van der Waals surface area (Å²) in [6.45, 7) is 5.78. The van der Waals surface area contributed by atoms with Gasteiger partial charge in [-0.05, 0) is 54.4 Å². The van der Waals surface area contributed by atoms with Crippen molar-refractivity contribution in [2.24, 2.45) is 0 Å². The number of hydrogen-bond acceptors (Lipinski definition) is 2. The molecule has 0 spiro atoms. The number of amides is 2. The average molecular weight is 327 g/mol.